The van der Waals surface area contributed by atoms with Crippen molar-refractivity contribution in [2.24, 2.45) is 11.1 Å². The van der Waals surface area contributed by atoms with Crippen LogP contribution in [0.5, 0.6) is 0 Å². The first-order chi connectivity index (χ1) is 6.51. The van der Waals surface area contributed by atoms with Gasteiger partial charge in [0.05, 0.1) is 25.6 Å². The van der Waals surface area contributed by atoms with E-state index in [1.165, 1.54) is 0 Å². The van der Waals surface area contributed by atoms with Crippen molar-refractivity contribution >= 4 is 10.0 Å². The van der Waals surface area contributed by atoms with Crippen LogP contribution in [0.25, 0.3) is 0 Å². The van der Waals surface area contributed by atoms with Crippen molar-refractivity contribution in [2.45, 2.75) is 19.4 Å². The maximum atomic E-state index is 10.8. The highest BCUT2D eigenvalue weighted by Crippen LogP contribution is 2.11. The SMILES string of the molecule is CCC(COC1COC1)CS(N)(=O)=O. The van der Waals surface area contributed by atoms with E-state index < -0.39 is 10.0 Å². The number of hydrogen-bond acceptors (Lipinski definition) is 4. The number of rotatable bonds is 6. The molecule has 1 saturated heterocycles. The zero-order chi connectivity index (χ0) is 10.6. The summed E-state index contributed by atoms with van der Waals surface area (Å²) in [6.45, 7) is 3.61. The fourth-order valence-electron chi connectivity index (χ4n) is 1.19. The molecule has 0 aromatic carbocycles. The lowest BCUT2D eigenvalue weighted by Crippen LogP contribution is -2.38. The molecule has 1 heterocycles. The number of sulfonamides is 1. The Hall–Kier alpha value is -0.170. The van der Waals surface area contributed by atoms with E-state index in [4.69, 9.17) is 14.6 Å². The standard InChI is InChI=1S/C8H17NO4S/c1-2-7(6-14(9,10)11)3-13-8-4-12-5-8/h7-8H,2-6H2,1H3,(H2,9,10,11). The number of primary sulfonamides is 1. The Bertz CT molecular complexity index is 261. The molecule has 84 valence electrons. The minimum absolute atomic E-state index is 0.00290. The van der Waals surface area contributed by atoms with Gasteiger partial charge in [0.25, 0.3) is 0 Å². The van der Waals surface area contributed by atoms with Crippen molar-refractivity contribution in [2.75, 3.05) is 25.6 Å². The minimum atomic E-state index is -3.38. The highest BCUT2D eigenvalue weighted by Gasteiger charge is 2.21. The summed E-state index contributed by atoms with van der Waals surface area (Å²) in [6.07, 6.45) is 0.897. The molecule has 2 N–H and O–H groups in total. The van der Waals surface area contributed by atoms with E-state index >= 15 is 0 Å². The van der Waals surface area contributed by atoms with Crippen LogP contribution in [0.3, 0.4) is 0 Å². The van der Waals surface area contributed by atoms with Crippen LogP contribution in [0.15, 0.2) is 0 Å². The number of nitrogens with two attached hydrogens (primary N) is 1. The highest BCUT2D eigenvalue weighted by molar-refractivity contribution is 7.89. The molecule has 1 rings (SSSR count). The summed E-state index contributed by atoms with van der Waals surface area (Å²) in [5, 5.41) is 4.96. The van der Waals surface area contributed by atoms with Crippen LogP contribution < -0.4 is 5.14 Å². The van der Waals surface area contributed by atoms with Gasteiger partial charge in [-0.2, -0.15) is 0 Å². The molecule has 1 aliphatic heterocycles. The minimum Gasteiger partial charge on any atom is -0.376 e. The van der Waals surface area contributed by atoms with Crippen molar-refractivity contribution in [1.29, 1.82) is 0 Å². The van der Waals surface area contributed by atoms with E-state index in [0.717, 1.165) is 6.42 Å². The van der Waals surface area contributed by atoms with Gasteiger partial charge in [-0.3, -0.25) is 0 Å². The molecule has 14 heavy (non-hydrogen) atoms. The Morgan fingerprint density at radius 3 is 2.57 bits per heavy atom. The average molecular weight is 223 g/mol. The third kappa shape index (κ3) is 4.36. The molecule has 6 heteroatoms. The third-order valence-electron chi connectivity index (χ3n) is 2.22. The van der Waals surface area contributed by atoms with Crippen LogP contribution in [0.1, 0.15) is 13.3 Å². The molecule has 0 aromatic heterocycles. The van der Waals surface area contributed by atoms with E-state index in [-0.39, 0.29) is 17.8 Å². The fraction of sp³-hybridized carbons (Fsp3) is 1.00. The first-order valence-electron chi connectivity index (χ1n) is 4.71. The van der Waals surface area contributed by atoms with Gasteiger partial charge in [-0.25, -0.2) is 13.6 Å². The highest BCUT2D eigenvalue weighted by atomic mass is 32.2. The monoisotopic (exact) mass is 223 g/mol. The van der Waals surface area contributed by atoms with Gasteiger partial charge in [-0.1, -0.05) is 13.3 Å². The Labute approximate surface area is 84.6 Å². The predicted octanol–water partition coefficient (Wildman–Crippen LogP) is -0.283. The molecule has 0 saturated carbocycles. The second-order valence-electron chi connectivity index (χ2n) is 3.60. The summed E-state index contributed by atoms with van der Waals surface area (Å²) in [4.78, 5) is 0. The van der Waals surface area contributed by atoms with Crippen LogP contribution in [-0.2, 0) is 19.5 Å². The fourth-order valence-corrected chi connectivity index (χ4v) is 2.18. The summed E-state index contributed by atoms with van der Waals surface area (Å²) in [7, 11) is -3.38. The van der Waals surface area contributed by atoms with Crippen LogP contribution in [-0.4, -0.2) is 40.1 Å². The summed E-state index contributed by atoms with van der Waals surface area (Å²) >= 11 is 0. The molecule has 0 amide bonds. The van der Waals surface area contributed by atoms with Crippen LogP contribution in [0.4, 0.5) is 0 Å². The van der Waals surface area contributed by atoms with Gasteiger partial charge in [0.2, 0.25) is 10.0 Å². The van der Waals surface area contributed by atoms with Crippen molar-refractivity contribution in [3.05, 3.63) is 0 Å². The molecule has 0 aromatic rings. The van der Waals surface area contributed by atoms with Gasteiger partial charge in [0.15, 0.2) is 0 Å². The molecule has 0 bridgehead atoms. The van der Waals surface area contributed by atoms with E-state index in [1.807, 2.05) is 6.92 Å². The predicted molar refractivity (Wildman–Crippen MR) is 52.3 cm³/mol. The van der Waals surface area contributed by atoms with Gasteiger partial charge >= 0.3 is 0 Å². The zero-order valence-corrected chi connectivity index (χ0v) is 9.13. The second-order valence-corrected chi connectivity index (χ2v) is 5.26. The van der Waals surface area contributed by atoms with Gasteiger partial charge in [-0.15, -0.1) is 0 Å². The normalized spacial score (nSPS) is 20.4. The van der Waals surface area contributed by atoms with E-state index in [2.05, 4.69) is 0 Å². The summed E-state index contributed by atoms with van der Waals surface area (Å²) in [5.41, 5.74) is 0. The molecule has 0 spiro atoms. The van der Waals surface area contributed by atoms with Gasteiger partial charge in [0.1, 0.15) is 6.10 Å². The van der Waals surface area contributed by atoms with Gasteiger partial charge in [0, 0.05) is 0 Å². The van der Waals surface area contributed by atoms with Crippen LogP contribution in [0.2, 0.25) is 0 Å². The summed E-state index contributed by atoms with van der Waals surface area (Å²) in [6, 6.07) is 0. The molecular weight excluding hydrogens is 206 g/mol. The average Bonchev–Trinajstić information content (AvgIpc) is 1.97. The van der Waals surface area contributed by atoms with Crippen molar-refractivity contribution < 1.29 is 17.9 Å². The first kappa shape index (κ1) is 11.9. The van der Waals surface area contributed by atoms with Crippen LogP contribution >= 0.6 is 0 Å². The Kier molecular flexibility index (Phi) is 4.31. The van der Waals surface area contributed by atoms with Crippen molar-refractivity contribution in [3.63, 3.8) is 0 Å². The Balaban J connectivity index is 2.23. The molecule has 5 nitrogen and oxygen atoms in total. The quantitative estimate of drug-likeness (QED) is 0.671. The topological polar surface area (TPSA) is 78.6 Å². The Morgan fingerprint density at radius 1 is 1.57 bits per heavy atom. The van der Waals surface area contributed by atoms with Crippen LogP contribution in [0, 0.1) is 5.92 Å². The van der Waals surface area contributed by atoms with Crippen molar-refractivity contribution in [3.8, 4) is 0 Å². The van der Waals surface area contributed by atoms with E-state index in [9.17, 15) is 8.42 Å². The Morgan fingerprint density at radius 2 is 2.21 bits per heavy atom. The molecule has 0 aliphatic carbocycles. The van der Waals surface area contributed by atoms with E-state index in [1.54, 1.807) is 0 Å². The molecule has 1 atom stereocenters. The lowest BCUT2D eigenvalue weighted by molar-refractivity contribution is -0.135. The smallest absolute Gasteiger partial charge is 0.209 e. The summed E-state index contributed by atoms with van der Waals surface area (Å²) in [5.74, 6) is -0.0116. The first-order valence-corrected chi connectivity index (χ1v) is 6.42. The molecule has 0 radical (unpaired) electrons. The second kappa shape index (κ2) is 5.06. The summed E-state index contributed by atoms with van der Waals surface area (Å²) < 4.78 is 32.0. The van der Waals surface area contributed by atoms with Gasteiger partial charge in [-0.05, 0) is 5.92 Å². The number of hydrogen-bond donors (Lipinski definition) is 1. The molecule has 1 fully saturated rings. The maximum Gasteiger partial charge on any atom is 0.209 e. The molecule has 1 unspecified atom stereocenters. The van der Waals surface area contributed by atoms with E-state index in [0.29, 0.717) is 19.8 Å². The lowest BCUT2D eigenvalue weighted by atomic mass is 10.1. The van der Waals surface area contributed by atoms with Crippen molar-refractivity contribution in [1.82, 2.24) is 0 Å². The van der Waals surface area contributed by atoms with Gasteiger partial charge < -0.3 is 9.47 Å². The lowest BCUT2D eigenvalue weighted by Gasteiger charge is -2.27. The maximum absolute atomic E-state index is 10.8. The third-order valence-corrected chi connectivity index (χ3v) is 3.16. The molecule has 1 aliphatic rings. The molecular formula is C8H17NO4S. The largest absolute Gasteiger partial charge is 0.376 e. The zero-order valence-electron chi connectivity index (χ0n) is 8.31. The number of ether oxygens (including phenoxy) is 2.